The van der Waals surface area contributed by atoms with Gasteiger partial charge in [0.25, 0.3) is 0 Å². The average Bonchev–Trinajstić information content (AvgIpc) is 2.86. The van der Waals surface area contributed by atoms with E-state index in [9.17, 15) is 0 Å². The lowest BCUT2D eigenvalue weighted by molar-refractivity contribution is 0.448. The normalized spacial score (nSPS) is 26.3. The van der Waals surface area contributed by atoms with Gasteiger partial charge >= 0.3 is 0 Å². The molecule has 0 amide bonds. The zero-order chi connectivity index (χ0) is 12.5. The number of rotatable bonds is 1. The second kappa shape index (κ2) is 4.83. The van der Waals surface area contributed by atoms with Crippen LogP contribution in [0, 0.1) is 23.2 Å². The van der Waals surface area contributed by atoms with Gasteiger partial charge in [-0.1, -0.05) is 6.08 Å². The first-order chi connectivity index (χ1) is 8.78. The number of fused-ring (bicyclic) bond motifs is 1. The fourth-order valence-corrected chi connectivity index (χ4v) is 3.20. The molecule has 1 N–H and O–H groups in total. The van der Waals surface area contributed by atoms with Crippen LogP contribution in [0.25, 0.3) is 5.57 Å². The molecule has 3 rings (SSSR count). The second-order valence-electron chi connectivity index (χ2n) is 4.99. The zero-order valence-electron chi connectivity index (χ0n) is 9.99. The Balaban J connectivity index is 1.93. The third kappa shape index (κ3) is 2.09. The lowest BCUT2D eigenvalue weighted by atomic mass is 9.81. The molecule has 2 aliphatic rings. The molecule has 0 radical (unpaired) electrons. The molecule has 1 aromatic heterocycles. The van der Waals surface area contributed by atoms with Crippen LogP contribution in [-0.4, -0.2) is 18.1 Å². The number of nitrogens with zero attached hydrogens (tertiary/aromatic N) is 2. The number of nitriles is 1. The molecule has 1 aromatic rings. The highest BCUT2D eigenvalue weighted by Gasteiger charge is 2.29. The fraction of sp³-hybridized carbons (Fsp3) is 0.429. The third-order valence-corrected chi connectivity index (χ3v) is 4.55. The average molecular weight is 304 g/mol. The van der Waals surface area contributed by atoms with Gasteiger partial charge in [0.15, 0.2) is 0 Å². The Morgan fingerprint density at radius 2 is 2.33 bits per heavy atom. The Morgan fingerprint density at radius 1 is 1.44 bits per heavy atom. The lowest BCUT2D eigenvalue weighted by Gasteiger charge is -2.23. The van der Waals surface area contributed by atoms with E-state index in [1.165, 1.54) is 12.0 Å². The van der Waals surface area contributed by atoms with Gasteiger partial charge in [0.2, 0.25) is 0 Å². The van der Waals surface area contributed by atoms with Crippen LogP contribution in [0.15, 0.2) is 22.9 Å². The SMILES string of the molecule is N#Cc1cc(C2=CC3CNCC3CC2)cnc1Br. The standard InChI is InChI=1S/C14H14BrN3/c15-14-11(5-16)4-13(8-18-14)9-1-2-10-6-17-7-12(10)3-9/h3-4,8,10,12,17H,1-2,6-7H2. The summed E-state index contributed by atoms with van der Waals surface area (Å²) in [5.74, 6) is 1.45. The monoisotopic (exact) mass is 303 g/mol. The van der Waals surface area contributed by atoms with Crippen molar-refractivity contribution in [3.63, 3.8) is 0 Å². The van der Waals surface area contributed by atoms with Crippen LogP contribution in [-0.2, 0) is 0 Å². The van der Waals surface area contributed by atoms with Crippen LogP contribution < -0.4 is 5.32 Å². The van der Waals surface area contributed by atoms with Gasteiger partial charge in [0.05, 0.1) is 5.56 Å². The van der Waals surface area contributed by atoms with E-state index in [0.29, 0.717) is 16.1 Å². The highest BCUT2D eigenvalue weighted by atomic mass is 79.9. The first-order valence-corrected chi connectivity index (χ1v) is 7.04. The number of pyridine rings is 1. The van der Waals surface area contributed by atoms with E-state index in [-0.39, 0.29) is 0 Å². The molecule has 4 heteroatoms. The summed E-state index contributed by atoms with van der Waals surface area (Å²) in [6, 6.07) is 4.11. The minimum Gasteiger partial charge on any atom is -0.316 e. The van der Waals surface area contributed by atoms with Crippen LogP contribution in [0.2, 0.25) is 0 Å². The summed E-state index contributed by atoms with van der Waals surface area (Å²) in [7, 11) is 0. The van der Waals surface area contributed by atoms with Crippen molar-refractivity contribution >= 4 is 21.5 Å². The van der Waals surface area contributed by atoms with Crippen molar-refractivity contribution in [2.45, 2.75) is 12.8 Å². The number of halogens is 1. The number of nitrogens with one attached hydrogen (secondary N) is 1. The summed E-state index contributed by atoms with van der Waals surface area (Å²) in [6.45, 7) is 2.24. The van der Waals surface area contributed by atoms with Crippen molar-refractivity contribution in [2.24, 2.45) is 11.8 Å². The Hall–Kier alpha value is -1.18. The number of hydrogen-bond acceptors (Lipinski definition) is 3. The van der Waals surface area contributed by atoms with Gasteiger partial charge in [-0.3, -0.25) is 0 Å². The van der Waals surface area contributed by atoms with Crippen molar-refractivity contribution in [1.29, 1.82) is 5.26 Å². The van der Waals surface area contributed by atoms with Crippen molar-refractivity contribution in [3.05, 3.63) is 34.1 Å². The summed E-state index contributed by atoms with van der Waals surface area (Å²) < 4.78 is 0.630. The van der Waals surface area contributed by atoms with E-state index in [4.69, 9.17) is 5.26 Å². The minimum atomic E-state index is 0.611. The molecule has 0 bridgehead atoms. The van der Waals surface area contributed by atoms with E-state index in [0.717, 1.165) is 31.0 Å². The first-order valence-electron chi connectivity index (χ1n) is 6.25. The number of hydrogen-bond donors (Lipinski definition) is 1. The summed E-state index contributed by atoms with van der Waals surface area (Å²) in [5.41, 5.74) is 3.05. The Kier molecular flexibility index (Phi) is 3.19. The summed E-state index contributed by atoms with van der Waals surface area (Å²) >= 11 is 3.30. The minimum absolute atomic E-state index is 0.611. The summed E-state index contributed by atoms with van der Waals surface area (Å²) in [5, 5.41) is 12.5. The topological polar surface area (TPSA) is 48.7 Å². The molecule has 1 aliphatic carbocycles. The molecule has 0 spiro atoms. The predicted molar refractivity (Wildman–Crippen MR) is 73.7 cm³/mol. The van der Waals surface area contributed by atoms with Crippen molar-refractivity contribution in [1.82, 2.24) is 10.3 Å². The molecule has 92 valence electrons. The molecule has 1 aliphatic heterocycles. The molecule has 1 saturated heterocycles. The molecular formula is C14H14BrN3. The molecule has 2 atom stereocenters. The van der Waals surface area contributed by atoms with Crippen LogP contribution in [0.1, 0.15) is 24.0 Å². The quantitative estimate of drug-likeness (QED) is 0.812. The van der Waals surface area contributed by atoms with Crippen molar-refractivity contribution < 1.29 is 0 Å². The van der Waals surface area contributed by atoms with Crippen LogP contribution in [0.4, 0.5) is 0 Å². The van der Waals surface area contributed by atoms with Gasteiger partial charge in [-0.2, -0.15) is 5.26 Å². The van der Waals surface area contributed by atoms with E-state index in [1.54, 1.807) is 0 Å². The zero-order valence-corrected chi connectivity index (χ0v) is 11.6. The third-order valence-electron chi connectivity index (χ3n) is 3.92. The van der Waals surface area contributed by atoms with Crippen molar-refractivity contribution in [2.75, 3.05) is 13.1 Å². The lowest BCUT2D eigenvalue weighted by Crippen LogP contribution is -2.15. The van der Waals surface area contributed by atoms with Gasteiger partial charge in [-0.05, 0) is 64.4 Å². The molecule has 2 heterocycles. The van der Waals surface area contributed by atoms with Gasteiger partial charge in [0.1, 0.15) is 10.7 Å². The molecular weight excluding hydrogens is 290 g/mol. The van der Waals surface area contributed by atoms with E-state index in [1.807, 2.05) is 12.3 Å². The van der Waals surface area contributed by atoms with Crippen LogP contribution >= 0.6 is 15.9 Å². The van der Waals surface area contributed by atoms with Crippen LogP contribution in [0.3, 0.4) is 0 Å². The van der Waals surface area contributed by atoms with Gasteiger partial charge in [-0.25, -0.2) is 4.98 Å². The molecule has 3 nitrogen and oxygen atoms in total. The van der Waals surface area contributed by atoms with E-state index < -0.39 is 0 Å². The van der Waals surface area contributed by atoms with E-state index >= 15 is 0 Å². The summed E-state index contributed by atoms with van der Waals surface area (Å²) in [6.07, 6.45) is 6.57. The highest BCUT2D eigenvalue weighted by molar-refractivity contribution is 9.10. The van der Waals surface area contributed by atoms with Gasteiger partial charge in [0, 0.05) is 12.7 Å². The highest BCUT2D eigenvalue weighted by Crippen LogP contribution is 2.36. The van der Waals surface area contributed by atoms with E-state index in [2.05, 4.69) is 38.4 Å². The Bertz CT molecular complexity index is 544. The summed E-state index contributed by atoms with van der Waals surface area (Å²) in [4.78, 5) is 4.25. The fourth-order valence-electron chi connectivity index (χ4n) is 2.89. The molecule has 0 aromatic carbocycles. The first kappa shape index (κ1) is 11.9. The maximum Gasteiger partial charge on any atom is 0.123 e. The van der Waals surface area contributed by atoms with Gasteiger partial charge in [-0.15, -0.1) is 0 Å². The molecule has 2 unspecified atom stereocenters. The Labute approximate surface area is 115 Å². The van der Waals surface area contributed by atoms with Gasteiger partial charge < -0.3 is 5.32 Å². The number of aromatic nitrogens is 1. The molecule has 18 heavy (non-hydrogen) atoms. The molecule has 0 saturated carbocycles. The maximum atomic E-state index is 9.04. The Morgan fingerprint density at radius 3 is 3.17 bits per heavy atom. The number of allylic oxidation sites excluding steroid dienone is 1. The van der Waals surface area contributed by atoms with Crippen molar-refractivity contribution in [3.8, 4) is 6.07 Å². The molecule has 1 fully saturated rings. The smallest absolute Gasteiger partial charge is 0.123 e. The second-order valence-corrected chi connectivity index (χ2v) is 5.74. The predicted octanol–water partition coefficient (Wildman–Crippen LogP) is 2.73. The maximum absolute atomic E-state index is 9.04. The largest absolute Gasteiger partial charge is 0.316 e. The van der Waals surface area contributed by atoms with Crippen LogP contribution in [0.5, 0.6) is 0 Å².